The van der Waals surface area contributed by atoms with Crippen LogP contribution in [0.25, 0.3) is 5.52 Å². The summed E-state index contributed by atoms with van der Waals surface area (Å²) in [4.78, 5) is 0. The van der Waals surface area contributed by atoms with Gasteiger partial charge in [-0.25, -0.2) is 0 Å². The summed E-state index contributed by atoms with van der Waals surface area (Å²) in [6, 6.07) is 7.49. The van der Waals surface area contributed by atoms with E-state index in [1.165, 1.54) is 0 Å². The highest BCUT2D eigenvalue weighted by Crippen LogP contribution is 2.14. The number of nitrogens with zero attached hydrogens (tertiary/aromatic N) is 1. The molecule has 3 heteroatoms. The molecule has 1 N–H and O–H groups in total. The van der Waals surface area contributed by atoms with Gasteiger partial charge in [0.05, 0.1) is 0 Å². The van der Waals surface area contributed by atoms with E-state index in [0.717, 1.165) is 11.1 Å². The van der Waals surface area contributed by atoms with E-state index in [9.17, 15) is 5.11 Å². The quantitative estimate of drug-likeness (QED) is 0.553. The predicted molar refractivity (Wildman–Crippen MR) is 46.0 cm³/mol. The number of hydrogen-bond donors (Lipinski definition) is 1. The lowest BCUT2D eigenvalue weighted by Gasteiger charge is -1.94. The van der Waals surface area contributed by atoms with Crippen LogP contribution in [-0.2, 0) is 0 Å². The molecule has 2 nitrogen and oxygen atoms in total. The lowest BCUT2D eigenvalue weighted by atomic mass is 10.2. The van der Waals surface area contributed by atoms with Crippen LogP contribution in [0.5, 0.6) is 5.75 Å². The third-order valence-corrected chi connectivity index (χ3v) is 1.86. The minimum absolute atomic E-state index is 0. The largest absolute Gasteiger partial charge is 1.00 e. The molecule has 68 valence electrons. The highest BCUT2D eigenvalue weighted by Gasteiger charge is 2.06. The second-order valence-electron chi connectivity index (χ2n) is 2.90. The molecule has 0 unspecified atom stereocenters. The van der Waals surface area contributed by atoms with Gasteiger partial charge >= 0.3 is 0 Å². The summed E-state index contributed by atoms with van der Waals surface area (Å²) in [6.07, 6.45) is 3.90. The monoisotopic (exact) mass is 239 g/mol. The molecule has 0 aromatic carbocycles. The first-order valence-electron chi connectivity index (χ1n) is 3.87. The van der Waals surface area contributed by atoms with E-state index in [4.69, 9.17) is 0 Å². The number of aromatic nitrogens is 1. The molecular formula is C10H10BrNO. The lowest BCUT2D eigenvalue weighted by molar-refractivity contribution is -0.512. The SMILES string of the molecule is Cc1cc(O)c2cccc[n+]2c1.[Br-]. The number of hydrogen-bond acceptors (Lipinski definition) is 1. The van der Waals surface area contributed by atoms with Crippen molar-refractivity contribution in [2.45, 2.75) is 6.92 Å². The normalized spacial score (nSPS) is 9.62. The summed E-state index contributed by atoms with van der Waals surface area (Å²) in [7, 11) is 0. The molecule has 0 spiro atoms. The van der Waals surface area contributed by atoms with Gasteiger partial charge in [0.25, 0.3) is 5.52 Å². The second kappa shape index (κ2) is 3.75. The summed E-state index contributed by atoms with van der Waals surface area (Å²) in [5, 5.41) is 9.53. The van der Waals surface area contributed by atoms with Crippen molar-refractivity contribution < 1.29 is 26.5 Å². The van der Waals surface area contributed by atoms with Crippen LogP contribution in [0.3, 0.4) is 0 Å². The zero-order chi connectivity index (χ0) is 8.55. The Morgan fingerprint density at radius 2 is 2.08 bits per heavy atom. The summed E-state index contributed by atoms with van der Waals surface area (Å²) < 4.78 is 1.91. The Morgan fingerprint density at radius 3 is 2.85 bits per heavy atom. The van der Waals surface area contributed by atoms with Crippen LogP contribution in [-0.4, -0.2) is 5.11 Å². The van der Waals surface area contributed by atoms with Gasteiger partial charge in [-0.15, -0.1) is 0 Å². The van der Waals surface area contributed by atoms with Gasteiger partial charge in [-0.1, -0.05) is 0 Å². The van der Waals surface area contributed by atoms with Crippen molar-refractivity contribution in [2.24, 2.45) is 0 Å². The van der Waals surface area contributed by atoms with Gasteiger partial charge < -0.3 is 22.1 Å². The van der Waals surface area contributed by atoms with E-state index in [1.54, 1.807) is 6.07 Å². The van der Waals surface area contributed by atoms with Crippen LogP contribution in [0.15, 0.2) is 36.7 Å². The molecule has 2 heterocycles. The summed E-state index contributed by atoms with van der Waals surface area (Å²) >= 11 is 0. The third kappa shape index (κ3) is 1.80. The van der Waals surface area contributed by atoms with Crippen LogP contribution in [0.4, 0.5) is 0 Å². The van der Waals surface area contributed by atoms with Crippen molar-refractivity contribution in [1.82, 2.24) is 0 Å². The molecule has 0 amide bonds. The molecule has 2 rings (SSSR count). The molecule has 0 bridgehead atoms. The number of aryl methyl sites for hydroxylation is 1. The topological polar surface area (TPSA) is 24.3 Å². The van der Waals surface area contributed by atoms with Crippen molar-refractivity contribution in [3.8, 4) is 5.75 Å². The molecule has 0 saturated heterocycles. The zero-order valence-corrected chi connectivity index (χ0v) is 8.82. The fourth-order valence-corrected chi connectivity index (χ4v) is 1.33. The maximum Gasteiger partial charge on any atom is 0.252 e. The Hall–Kier alpha value is -1.09. The highest BCUT2D eigenvalue weighted by molar-refractivity contribution is 5.52. The van der Waals surface area contributed by atoms with Crippen LogP contribution < -0.4 is 21.4 Å². The van der Waals surface area contributed by atoms with E-state index in [2.05, 4.69) is 0 Å². The fraction of sp³-hybridized carbons (Fsp3) is 0.100. The zero-order valence-electron chi connectivity index (χ0n) is 7.24. The van der Waals surface area contributed by atoms with Crippen molar-refractivity contribution in [2.75, 3.05) is 0 Å². The van der Waals surface area contributed by atoms with Gasteiger partial charge in [0.2, 0.25) is 0 Å². The smallest absolute Gasteiger partial charge is 0.252 e. The molecular weight excluding hydrogens is 230 g/mol. The van der Waals surface area contributed by atoms with Crippen LogP contribution in [0.1, 0.15) is 5.56 Å². The highest BCUT2D eigenvalue weighted by atomic mass is 79.9. The molecule has 0 aliphatic rings. The van der Waals surface area contributed by atoms with E-state index >= 15 is 0 Å². The number of aromatic hydroxyl groups is 1. The van der Waals surface area contributed by atoms with E-state index < -0.39 is 0 Å². The molecule has 0 atom stereocenters. The molecule has 2 aromatic rings. The van der Waals surface area contributed by atoms with E-state index in [0.29, 0.717) is 5.75 Å². The fourth-order valence-electron chi connectivity index (χ4n) is 1.33. The van der Waals surface area contributed by atoms with E-state index in [1.807, 2.05) is 41.9 Å². The van der Waals surface area contributed by atoms with Crippen molar-refractivity contribution >= 4 is 5.52 Å². The maximum absolute atomic E-state index is 9.53. The number of rotatable bonds is 0. The van der Waals surface area contributed by atoms with Crippen LogP contribution >= 0.6 is 0 Å². The molecule has 0 radical (unpaired) electrons. The van der Waals surface area contributed by atoms with Gasteiger partial charge in [-0.3, -0.25) is 0 Å². The predicted octanol–water partition coefficient (Wildman–Crippen LogP) is -1.56. The minimum atomic E-state index is 0. The lowest BCUT2D eigenvalue weighted by Crippen LogP contribution is -3.00. The molecule has 0 saturated carbocycles. The van der Waals surface area contributed by atoms with Crippen molar-refractivity contribution in [3.05, 3.63) is 42.2 Å². The van der Waals surface area contributed by atoms with Gasteiger partial charge in [-0.05, 0) is 19.1 Å². The Balaban J connectivity index is 0.000000845. The first-order valence-corrected chi connectivity index (χ1v) is 3.87. The van der Waals surface area contributed by atoms with Crippen LogP contribution in [0, 0.1) is 6.92 Å². The molecule has 13 heavy (non-hydrogen) atoms. The summed E-state index contributed by atoms with van der Waals surface area (Å²) in [6.45, 7) is 1.96. The average Bonchev–Trinajstić information content (AvgIpc) is 2.04. The summed E-state index contributed by atoms with van der Waals surface area (Å²) in [5.41, 5.74) is 1.89. The van der Waals surface area contributed by atoms with Gasteiger partial charge in [-0.2, -0.15) is 4.40 Å². The number of pyridine rings is 2. The third-order valence-electron chi connectivity index (χ3n) is 1.86. The number of halogens is 1. The van der Waals surface area contributed by atoms with Crippen LogP contribution in [0.2, 0.25) is 0 Å². The first kappa shape index (κ1) is 9.99. The number of fused-ring (bicyclic) bond motifs is 1. The van der Waals surface area contributed by atoms with Crippen molar-refractivity contribution in [3.63, 3.8) is 0 Å². The van der Waals surface area contributed by atoms with Gasteiger partial charge in [0.1, 0.15) is 0 Å². The first-order chi connectivity index (χ1) is 5.77. The Kier molecular flexibility index (Phi) is 2.88. The van der Waals surface area contributed by atoms with Gasteiger partial charge in [0, 0.05) is 17.7 Å². The molecule has 2 aromatic heterocycles. The van der Waals surface area contributed by atoms with Crippen molar-refractivity contribution in [1.29, 1.82) is 0 Å². The Labute approximate surface area is 87.2 Å². The maximum atomic E-state index is 9.53. The molecule has 0 aliphatic carbocycles. The molecule has 0 aliphatic heterocycles. The Morgan fingerprint density at radius 1 is 1.31 bits per heavy atom. The average molecular weight is 240 g/mol. The second-order valence-corrected chi connectivity index (χ2v) is 2.90. The van der Waals surface area contributed by atoms with Gasteiger partial charge in [0.15, 0.2) is 18.1 Å². The standard InChI is InChI=1S/C10H9NO.BrH/c1-8-6-10(12)9-4-2-3-5-11(9)7-8;/h2-7H,1H3;1H. The van der Waals surface area contributed by atoms with E-state index in [-0.39, 0.29) is 17.0 Å². The summed E-state index contributed by atoms with van der Waals surface area (Å²) in [5.74, 6) is 0.329. The minimum Gasteiger partial charge on any atom is -1.00 e. The Bertz CT molecular complexity index is 428. The molecule has 0 fully saturated rings.